The molecule has 0 saturated carbocycles. The fourth-order valence-corrected chi connectivity index (χ4v) is 6.21. The number of hydrogen-bond acceptors (Lipinski definition) is 6. The third-order valence-electron chi connectivity index (χ3n) is 5.30. The average Bonchev–Trinajstić information content (AvgIpc) is 3.26. The molecule has 0 N–H and O–H groups in total. The lowest BCUT2D eigenvalue weighted by Gasteiger charge is -2.37. The van der Waals surface area contributed by atoms with Crippen LogP contribution in [0.15, 0.2) is 50.8 Å². The van der Waals surface area contributed by atoms with Crippen LogP contribution < -0.4 is 5.56 Å². The van der Waals surface area contributed by atoms with Crippen LogP contribution in [-0.4, -0.2) is 53.4 Å². The Bertz CT molecular complexity index is 1150. The molecule has 1 atom stereocenters. The maximum atomic E-state index is 12.7. The Morgan fingerprint density at radius 2 is 1.79 bits per heavy atom. The molecule has 7 nitrogen and oxygen atoms in total. The molecule has 0 spiro atoms. The minimum atomic E-state index is -3.42. The van der Waals surface area contributed by atoms with Crippen molar-refractivity contribution in [1.82, 2.24) is 18.8 Å². The van der Waals surface area contributed by atoms with Crippen LogP contribution in [0.5, 0.6) is 0 Å². The molecule has 0 radical (unpaired) electrons. The summed E-state index contributed by atoms with van der Waals surface area (Å²) in [7, 11) is -1.68. The van der Waals surface area contributed by atoms with Crippen LogP contribution in [0, 0.1) is 0 Å². The standard InChI is InChI=1S/C19H22N4O3S2/c1-14(18-20-16-7-4-3-6-15(16)19(24)21(18)2)22-9-11-23(12-10-22)28(25,26)17-8-5-13-27-17/h3-8,13-14H,9-12H2,1-2H3. The van der Waals surface area contributed by atoms with Crippen molar-refractivity contribution in [3.05, 3.63) is 58.0 Å². The molecule has 28 heavy (non-hydrogen) atoms. The van der Waals surface area contributed by atoms with E-state index in [1.165, 1.54) is 15.6 Å². The van der Waals surface area contributed by atoms with Gasteiger partial charge in [-0.1, -0.05) is 18.2 Å². The number of rotatable bonds is 4. The quantitative estimate of drug-likeness (QED) is 0.648. The summed E-state index contributed by atoms with van der Waals surface area (Å²) >= 11 is 1.24. The second-order valence-corrected chi connectivity index (χ2v) is 10.0. The largest absolute Gasteiger partial charge is 0.298 e. The molecule has 1 fully saturated rings. The van der Waals surface area contributed by atoms with Crippen molar-refractivity contribution in [2.75, 3.05) is 26.2 Å². The number of aromatic nitrogens is 2. The van der Waals surface area contributed by atoms with Crippen molar-refractivity contribution in [2.24, 2.45) is 7.05 Å². The van der Waals surface area contributed by atoms with Gasteiger partial charge in [0.05, 0.1) is 16.9 Å². The lowest BCUT2D eigenvalue weighted by molar-refractivity contribution is 0.139. The predicted molar refractivity (Wildman–Crippen MR) is 110 cm³/mol. The van der Waals surface area contributed by atoms with Gasteiger partial charge in [0.2, 0.25) is 0 Å². The first-order chi connectivity index (χ1) is 13.4. The Kier molecular flexibility index (Phi) is 5.09. The van der Waals surface area contributed by atoms with Gasteiger partial charge in [0.25, 0.3) is 15.6 Å². The van der Waals surface area contributed by atoms with Gasteiger partial charge in [-0.05, 0) is 30.5 Å². The van der Waals surface area contributed by atoms with Crippen molar-refractivity contribution in [3.63, 3.8) is 0 Å². The van der Waals surface area contributed by atoms with Gasteiger partial charge in [0.1, 0.15) is 10.0 Å². The third-order valence-corrected chi connectivity index (χ3v) is 8.57. The molecule has 0 amide bonds. The normalized spacial score (nSPS) is 17.8. The third kappa shape index (κ3) is 3.28. The maximum absolute atomic E-state index is 12.7. The Balaban J connectivity index is 1.55. The SMILES string of the molecule is CC(c1nc2ccccc2c(=O)n1C)N1CCN(S(=O)(=O)c2cccs2)CC1. The van der Waals surface area contributed by atoms with Crippen LogP contribution in [0.4, 0.5) is 0 Å². The van der Waals surface area contributed by atoms with E-state index in [9.17, 15) is 13.2 Å². The van der Waals surface area contributed by atoms with Crippen molar-refractivity contribution >= 4 is 32.3 Å². The molecular weight excluding hydrogens is 396 g/mol. The fourth-order valence-electron chi connectivity index (χ4n) is 3.64. The van der Waals surface area contributed by atoms with E-state index >= 15 is 0 Å². The summed E-state index contributed by atoms with van der Waals surface area (Å²) < 4.78 is 28.9. The number of benzene rings is 1. The van der Waals surface area contributed by atoms with Gasteiger partial charge in [0, 0.05) is 33.2 Å². The minimum Gasteiger partial charge on any atom is -0.298 e. The van der Waals surface area contributed by atoms with Crippen LogP contribution >= 0.6 is 11.3 Å². The zero-order valence-corrected chi connectivity index (χ0v) is 17.4. The molecule has 9 heteroatoms. The van der Waals surface area contributed by atoms with E-state index in [-0.39, 0.29) is 11.6 Å². The Labute approximate surface area is 167 Å². The van der Waals surface area contributed by atoms with Crippen molar-refractivity contribution in [1.29, 1.82) is 0 Å². The van der Waals surface area contributed by atoms with Gasteiger partial charge >= 0.3 is 0 Å². The smallest absolute Gasteiger partial charge is 0.261 e. The zero-order chi connectivity index (χ0) is 19.9. The summed E-state index contributed by atoms with van der Waals surface area (Å²) in [6.45, 7) is 4.04. The monoisotopic (exact) mass is 418 g/mol. The fraction of sp³-hybridized carbons (Fsp3) is 0.368. The average molecular weight is 419 g/mol. The van der Waals surface area contributed by atoms with E-state index in [1.807, 2.05) is 25.1 Å². The van der Waals surface area contributed by atoms with E-state index in [0.717, 1.165) is 0 Å². The van der Waals surface area contributed by atoms with E-state index < -0.39 is 10.0 Å². The highest BCUT2D eigenvalue weighted by atomic mass is 32.2. The summed E-state index contributed by atoms with van der Waals surface area (Å²) in [6.07, 6.45) is 0. The number of thiophene rings is 1. The predicted octanol–water partition coefficient (Wildman–Crippen LogP) is 2.06. The van der Waals surface area contributed by atoms with Crippen LogP contribution in [0.1, 0.15) is 18.8 Å². The first-order valence-corrected chi connectivity index (χ1v) is 11.4. The van der Waals surface area contributed by atoms with Crippen LogP contribution in [0.25, 0.3) is 10.9 Å². The van der Waals surface area contributed by atoms with E-state index in [1.54, 1.807) is 35.2 Å². The number of sulfonamides is 1. The van der Waals surface area contributed by atoms with Crippen LogP contribution in [0.2, 0.25) is 0 Å². The molecule has 0 bridgehead atoms. The Morgan fingerprint density at radius 1 is 1.07 bits per heavy atom. The van der Waals surface area contributed by atoms with E-state index in [2.05, 4.69) is 4.90 Å². The maximum Gasteiger partial charge on any atom is 0.261 e. The zero-order valence-electron chi connectivity index (χ0n) is 15.8. The lowest BCUT2D eigenvalue weighted by Crippen LogP contribution is -2.49. The van der Waals surface area contributed by atoms with Crippen LogP contribution in [-0.2, 0) is 17.1 Å². The van der Waals surface area contributed by atoms with E-state index in [4.69, 9.17) is 4.98 Å². The molecule has 1 unspecified atom stereocenters. The Morgan fingerprint density at radius 3 is 2.46 bits per heavy atom. The van der Waals surface area contributed by atoms with Gasteiger partial charge in [0.15, 0.2) is 0 Å². The highest BCUT2D eigenvalue weighted by molar-refractivity contribution is 7.91. The highest BCUT2D eigenvalue weighted by Crippen LogP contribution is 2.25. The second-order valence-electron chi connectivity index (χ2n) is 6.90. The Hall–Kier alpha value is -2.07. The molecule has 2 aromatic heterocycles. The van der Waals surface area contributed by atoms with Crippen molar-refractivity contribution in [3.8, 4) is 0 Å². The van der Waals surface area contributed by atoms with Gasteiger partial charge in [-0.2, -0.15) is 4.31 Å². The van der Waals surface area contributed by atoms with Crippen molar-refractivity contribution < 1.29 is 8.42 Å². The van der Waals surface area contributed by atoms with Gasteiger partial charge < -0.3 is 0 Å². The summed E-state index contributed by atoms with van der Waals surface area (Å²) in [5, 5.41) is 2.38. The number of fused-ring (bicyclic) bond motifs is 1. The minimum absolute atomic E-state index is 0.0636. The first-order valence-electron chi connectivity index (χ1n) is 9.13. The molecule has 1 aliphatic heterocycles. The van der Waals surface area contributed by atoms with Crippen LogP contribution in [0.3, 0.4) is 0 Å². The summed E-state index contributed by atoms with van der Waals surface area (Å²) in [4.78, 5) is 19.6. The summed E-state index contributed by atoms with van der Waals surface area (Å²) in [5.74, 6) is 0.693. The second kappa shape index (κ2) is 7.40. The van der Waals surface area contributed by atoms with Gasteiger partial charge in [-0.25, -0.2) is 13.4 Å². The molecular formula is C19H22N4O3S2. The summed E-state index contributed by atoms with van der Waals surface area (Å²) in [6, 6.07) is 10.6. The molecule has 1 aromatic carbocycles. The molecule has 148 valence electrons. The lowest BCUT2D eigenvalue weighted by atomic mass is 10.2. The molecule has 1 saturated heterocycles. The number of hydrogen-bond donors (Lipinski definition) is 0. The molecule has 4 rings (SSSR count). The van der Waals surface area contributed by atoms with E-state index in [0.29, 0.717) is 47.1 Å². The van der Waals surface area contributed by atoms with Gasteiger partial charge in [-0.15, -0.1) is 11.3 Å². The first kappa shape index (κ1) is 19.3. The van der Waals surface area contributed by atoms with Gasteiger partial charge in [-0.3, -0.25) is 14.3 Å². The topological polar surface area (TPSA) is 75.5 Å². The molecule has 1 aliphatic rings. The number of piperazine rings is 1. The number of para-hydroxylation sites is 1. The molecule has 0 aliphatic carbocycles. The molecule has 3 heterocycles. The summed E-state index contributed by atoms with van der Waals surface area (Å²) in [5.41, 5.74) is 0.623. The van der Waals surface area contributed by atoms with Crippen molar-refractivity contribution in [2.45, 2.75) is 17.2 Å². The highest BCUT2D eigenvalue weighted by Gasteiger charge is 2.31. The molecule has 3 aromatic rings. The number of nitrogens with zero attached hydrogens (tertiary/aromatic N) is 4.